The summed E-state index contributed by atoms with van der Waals surface area (Å²) >= 11 is 0. The first-order valence-electron chi connectivity index (χ1n) is 11.3. The Labute approximate surface area is 183 Å². The van der Waals surface area contributed by atoms with E-state index in [0.29, 0.717) is 30.6 Å². The third-order valence-electron chi connectivity index (χ3n) is 6.91. The normalized spacial score (nSPS) is 24.9. The van der Waals surface area contributed by atoms with Gasteiger partial charge in [-0.1, -0.05) is 6.07 Å². The molecular weight excluding hydrogens is 396 g/mol. The summed E-state index contributed by atoms with van der Waals surface area (Å²) in [5.41, 5.74) is 3.30. The Morgan fingerprint density at radius 2 is 2.06 bits per heavy atom. The number of hydrogen-bond acceptors (Lipinski definition) is 8. The van der Waals surface area contributed by atoms with Gasteiger partial charge in [-0.15, -0.1) is 0 Å². The molecule has 0 amide bonds. The van der Waals surface area contributed by atoms with E-state index in [1.165, 1.54) is 18.4 Å². The number of methoxy groups -OCH3 is 1. The minimum Gasteiger partial charge on any atom is -0.494 e. The molecule has 0 aliphatic carbocycles. The standard InChI is InChI=1S/C23H32N4O4/c1-28-19-3-2-18(17-4-9-29-10-5-17)21-22(19)26-20(12-24-21)25-15-31-16-27-8-6-23(13-27)7-11-30-14-23/h2-3,12,17H,4-11,13-16H2,1H3,(H,25,26). The van der Waals surface area contributed by atoms with Crippen LogP contribution in [0.5, 0.6) is 5.75 Å². The van der Waals surface area contributed by atoms with Crippen molar-refractivity contribution in [2.45, 2.75) is 31.6 Å². The molecule has 5 rings (SSSR count). The summed E-state index contributed by atoms with van der Waals surface area (Å²) in [5.74, 6) is 1.88. The number of rotatable bonds is 7. The molecular formula is C23H32N4O4. The third-order valence-corrected chi connectivity index (χ3v) is 6.91. The zero-order valence-electron chi connectivity index (χ0n) is 18.3. The first-order valence-corrected chi connectivity index (χ1v) is 11.3. The molecule has 2 aromatic rings. The molecule has 1 aromatic heterocycles. The number of nitrogens with zero attached hydrogens (tertiary/aromatic N) is 3. The number of anilines is 1. The van der Waals surface area contributed by atoms with E-state index in [9.17, 15) is 0 Å². The van der Waals surface area contributed by atoms with Crippen LogP contribution in [0, 0.1) is 5.41 Å². The van der Waals surface area contributed by atoms with Gasteiger partial charge in [0.15, 0.2) is 0 Å². The SMILES string of the molecule is COc1ccc(C2CCOCC2)c2ncc(NCOCN3CCC4(CCOC4)C3)nc12. The van der Waals surface area contributed by atoms with Gasteiger partial charge in [-0.2, -0.15) is 0 Å². The first-order chi connectivity index (χ1) is 15.3. The molecule has 0 bridgehead atoms. The van der Waals surface area contributed by atoms with Gasteiger partial charge in [0.25, 0.3) is 0 Å². The highest BCUT2D eigenvalue weighted by atomic mass is 16.5. The van der Waals surface area contributed by atoms with E-state index in [1.54, 1.807) is 13.3 Å². The van der Waals surface area contributed by atoms with Gasteiger partial charge >= 0.3 is 0 Å². The Hall–Kier alpha value is -2.00. The van der Waals surface area contributed by atoms with Crippen LogP contribution >= 0.6 is 0 Å². The zero-order chi connectivity index (χ0) is 21.1. The highest BCUT2D eigenvalue weighted by Gasteiger charge is 2.41. The number of benzene rings is 1. The van der Waals surface area contributed by atoms with Gasteiger partial charge in [0.1, 0.15) is 30.5 Å². The van der Waals surface area contributed by atoms with Gasteiger partial charge in [0.05, 0.1) is 25.4 Å². The maximum absolute atomic E-state index is 5.87. The summed E-state index contributed by atoms with van der Waals surface area (Å²) < 4.78 is 22.6. The van der Waals surface area contributed by atoms with Crippen LogP contribution in [0.1, 0.15) is 37.2 Å². The predicted octanol–water partition coefficient (Wildman–Crippen LogP) is 2.99. The maximum atomic E-state index is 5.87. The van der Waals surface area contributed by atoms with Crippen molar-refractivity contribution in [3.05, 3.63) is 23.9 Å². The van der Waals surface area contributed by atoms with Crippen molar-refractivity contribution >= 4 is 16.9 Å². The highest BCUT2D eigenvalue weighted by molar-refractivity contribution is 5.85. The van der Waals surface area contributed by atoms with E-state index >= 15 is 0 Å². The maximum Gasteiger partial charge on any atom is 0.147 e. The molecule has 8 heteroatoms. The molecule has 1 unspecified atom stereocenters. The van der Waals surface area contributed by atoms with E-state index in [0.717, 1.165) is 69.1 Å². The molecule has 3 aliphatic rings. The van der Waals surface area contributed by atoms with Gasteiger partial charge in [0.2, 0.25) is 0 Å². The van der Waals surface area contributed by atoms with Crippen molar-refractivity contribution < 1.29 is 18.9 Å². The second-order valence-electron chi connectivity index (χ2n) is 8.96. The fourth-order valence-corrected chi connectivity index (χ4v) is 5.09. The minimum atomic E-state index is 0.360. The van der Waals surface area contributed by atoms with Crippen molar-refractivity contribution in [2.24, 2.45) is 5.41 Å². The average molecular weight is 429 g/mol. The van der Waals surface area contributed by atoms with Crippen molar-refractivity contribution in [2.75, 3.05) is 65.4 Å². The molecule has 3 fully saturated rings. The van der Waals surface area contributed by atoms with Crippen molar-refractivity contribution in [3.63, 3.8) is 0 Å². The van der Waals surface area contributed by atoms with Crippen molar-refractivity contribution in [1.29, 1.82) is 0 Å². The average Bonchev–Trinajstić information content (AvgIpc) is 3.45. The lowest BCUT2D eigenvalue weighted by Crippen LogP contribution is -2.30. The van der Waals surface area contributed by atoms with E-state index in [4.69, 9.17) is 28.9 Å². The third kappa shape index (κ3) is 4.48. The molecule has 0 saturated carbocycles. The molecule has 1 N–H and O–H groups in total. The summed E-state index contributed by atoms with van der Waals surface area (Å²) in [6.07, 6.45) is 6.19. The van der Waals surface area contributed by atoms with Crippen LogP contribution < -0.4 is 10.1 Å². The molecule has 1 atom stereocenters. The molecule has 3 aliphatic heterocycles. The molecule has 8 nitrogen and oxygen atoms in total. The van der Waals surface area contributed by atoms with Crippen LogP contribution in [0.15, 0.2) is 18.3 Å². The van der Waals surface area contributed by atoms with Gasteiger partial charge in [-0.25, -0.2) is 4.98 Å². The van der Waals surface area contributed by atoms with Gasteiger partial charge < -0.3 is 24.3 Å². The number of hydrogen-bond donors (Lipinski definition) is 1. The Morgan fingerprint density at radius 1 is 1.16 bits per heavy atom. The van der Waals surface area contributed by atoms with Gasteiger partial charge in [0, 0.05) is 38.3 Å². The lowest BCUT2D eigenvalue weighted by atomic mass is 9.87. The lowest BCUT2D eigenvalue weighted by Gasteiger charge is -2.23. The lowest BCUT2D eigenvalue weighted by molar-refractivity contribution is 0.0436. The Balaban J connectivity index is 1.21. The van der Waals surface area contributed by atoms with Crippen LogP contribution in [-0.2, 0) is 14.2 Å². The number of nitrogens with one attached hydrogen (secondary N) is 1. The summed E-state index contributed by atoms with van der Waals surface area (Å²) in [7, 11) is 1.67. The monoisotopic (exact) mass is 428 g/mol. The van der Waals surface area contributed by atoms with E-state index in [-0.39, 0.29) is 0 Å². The topological polar surface area (TPSA) is 78.0 Å². The Bertz CT molecular complexity index is 897. The molecule has 3 saturated heterocycles. The summed E-state index contributed by atoms with van der Waals surface area (Å²) in [6.45, 7) is 6.54. The van der Waals surface area contributed by atoms with Crippen LogP contribution in [-0.4, -0.2) is 75.0 Å². The zero-order valence-corrected chi connectivity index (χ0v) is 18.3. The fourth-order valence-electron chi connectivity index (χ4n) is 5.09. The molecule has 168 valence electrons. The van der Waals surface area contributed by atoms with Crippen molar-refractivity contribution in [3.8, 4) is 5.75 Å². The molecule has 0 radical (unpaired) electrons. The minimum absolute atomic E-state index is 0.360. The van der Waals surface area contributed by atoms with Crippen molar-refractivity contribution in [1.82, 2.24) is 14.9 Å². The van der Waals surface area contributed by atoms with E-state index < -0.39 is 0 Å². The van der Waals surface area contributed by atoms with Crippen LogP contribution in [0.4, 0.5) is 5.82 Å². The quantitative estimate of drug-likeness (QED) is 0.533. The summed E-state index contributed by atoms with van der Waals surface area (Å²) in [5, 5.41) is 3.25. The second kappa shape index (κ2) is 9.24. The second-order valence-corrected chi connectivity index (χ2v) is 8.96. The van der Waals surface area contributed by atoms with E-state index in [1.807, 2.05) is 6.07 Å². The molecule has 31 heavy (non-hydrogen) atoms. The highest BCUT2D eigenvalue weighted by Crippen LogP contribution is 2.38. The molecule has 1 aromatic carbocycles. The smallest absolute Gasteiger partial charge is 0.147 e. The molecule has 1 spiro atoms. The fraction of sp³-hybridized carbons (Fsp3) is 0.652. The predicted molar refractivity (Wildman–Crippen MR) is 117 cm³/mol. The Kier molecular flexibility index (Phi) is 6.22. The Morgan fingerprint density at radius 3 is 2.87 bits per heavy atom. The summed E-state index contributed by atoms with van der Waals surface area (Å²) in [6, 6.07) is 4.12. The van der Waals surface area contributed by atoms with Gasteiger partial charge in [-0.3, -0.25) is 9.88 Å². The van der Waals surface area contributed by atoms with Gasteiger partial charge in [-0.05, 0) is 43.2 Å². The largest absolute Gasteiger partial charge is 0.494 e. The van der Waals surface area contributed by atoms with Crippen LogP contribution in [0.3, 0.4) is 0 Å². The van der Waals surface area contributed by atoms with Crippen LogP contribution in [0.25, 0.3) is 11.0 Å². The first kappa shape index (κ1) is 20.9. The van der Waals surface area contributed by atoms with E-state index in [2.05, 4.69) is 16.3 Å². The number of likely N-dealkylation sites (tertiary alicyclic amines) is 1. The number of ether oxygens (including phenoxy) is 4. The molecule has 4 heterocycles. The van der Waals surface area contributed by atoms with Crippen LogP contribution in [0.2, 0.25) is 0 Å². The number of fused-ring (bicyclic) bond motifs is 1. The summed E-state index contributed by atoms with van der Waals surface area (Å²) in [4.78, 5) is 11.9. The number of aromatic nitrogens is 2.